The van der Waals surface area contributed by atoms with Crippen molar-refractivity contribution in [1.82, 2.24) is 0 Å². The first-order chi connectivity index (χ1) is 17.3. The molecule has 0 aromatic heterocycles. The van der Waals surface area contributed by atoms with Crippen LogP contribution in [0.2, 0.25) is 20.1 Å². The summed E-state index contributed by atoms with van der Waals surface area (Å²) >= 11 is 23.9. The maximum atomic E-state index is 12.3. The predicted molar refractivity (Wildman–Crippen MR) is 146 cm³/mol. The summed E-state index contributed by atoms with van der Waals surface area (Å²) in [6.07, 6.45) is 1.54. The van der Waals surface area contributed by atoms with E-state index in [4.69, 9.17) is 55.9 Å². The minimum absolute atomic E-state index is 0.165. The fraction of sp³-hybridized carbons (Fsp3) is 0.231. The van der Waals surface area contributed by atoms with Crippen LogP contribution in [0.1, 0.15) is 25.7 Å². The summed E-state index contributed by atoms with van der Waals surface area (Å²) in [5.41, 5.74) is 1.17. The van der Waals surface area contributed by atoms with Crippen LogP contribution in [0.3, 0.4) is 0 Å². The van der Waals surface area contributed by atoms with Crippen molar-refractivity contribution in [1.29, 1.82) is 0 Å². The van der Waals surface area contributed by atoms with Gasteiger partial charge in [-0.05, 0) is 67.4 Å². The molecule has 0 aliphatic rings. The number of nitrogens with one attached hydrogen (secondary N) is 2. The Morgan fingerprint density at radius 2 is 1.08 bits per heavy atom. The van der Waals surface area contributed by atoms with Crippen LogP contribution in [0.25, 0.3) is 0 Å². The lowest BCUT2D eigenvalue weighted by Gasteiger charge is -2.10. The van der Waals surface area contributed by atoms with Crippen molar-refractivity contribution >= 4 is 69.6 Å². The van der Waals surface area contributed by atoms with E-state index < -0.39 is 0 Å². The summed E-state index contributed by atoms with van der Waals surface area (Å²) in [6, 6.07) is 16.9. The van der Waals surface area contributed by atoms with Crippen LogP contribution in [-0.4, -0.2) is 25.0 Å². The molecular weight excluding hydrogens is 546 g/mol. The first-order valence-electron chi connectivity index (χ1n) is 11.2. The van der Waals surface area contributed by atoms with Crippen LogP contribution in [0.15, 0.2) is 60.7 Å². The van der Waals surface area contributed by atoms with Gasteiger partial charge in [-0.25, -0.2) is 0 Å². The zero-order chi connectivity index (χ0) is 25.9. The third kappa shape index (κ3) is 9.43. The van der Waals surface area contributed by atoms with Gasteiger partial charge in [-0.2, -0.15) is 0 Å². The summed E-state index contributed by atoms with van der Waals surface area (Å²) in [5, 5.41) is 7.54. The van der Waals surface area contributed by atoms with Crippen LogP contribution in [0, 0.1) is 0 Å². The van der Waals surface area contributed by atoms with E-state index in [1.54, 1.807) is 60.7 Å². The smallest absolute Gasteiger partial charge is 0.224 e. The number of amides is 2. The van der Waals surface area contributed by atoms with E-state index >= 15 is 0 Å². The van der Waals surface area contributed by atoms with E-state index in [0.717, 1.165) is 0 Å². The maximum absolute atomic E-state index is 12.3. The number of carbonyl (C=O) groups is 2. The Kier molecular flexibility index (Phi) is 11.0. The maximum Gasteiger partial charge on any atom is 0.224 e. The lowest BCUT2D eigenvalue weighted by atomic mass is 10.2. The highest BCUT2D eigenvalue weighted by molar-refractivity contribution is 6.36. The van der Waals surface area contributed by atoms with Gasteiger partial charge in [-0.3, -0.25) is 9.59 Å². The second-order valence-corrected chi connectivity index (χ2v) is 9.42. The third-order valence-corrected chi connectivity index (χ3v) is 5.89. The van der Waals surface area contributed by atoms with Crippen LogP contribution < -0.4 is 20.1 Å². The Morgan fingerprint density at radius 1 is 0.639 bits per heavy atom. The minimum Gasteiger partial charge on any atom is -0.492 e. The molecule has 6 nitrogen and oxygen atoms in total. The fourth-order valence-corrected chi connectivity index (χ4v) is 4.06. The second-order valence-electron chi connectivity index (χ2n) is 7.73. The highest BCUT2D eigenvalue weighted by Gasteiger charge is 2.08. The number of hydrogen-bond donors (Lipinski definition) is 2. The molecule has 2 amide bonds. The number of carbonyl (C=O) groups excluding carboxylic acids is 2. The molecular formula is C26H24Cl4N2O4. The van der Waals surface area contributed by atoms with E-state index in [-0.39, 0.29) is 24.7 Å². The Balaban J connectivity index is 1.36. The van der Waals surface area contributed by atoms with E-state index in [9.17, 15) is 9.59 Å². The summed E-state index contributed by atoms with van der Waals surface area (Å²) in [5.74, 6) is 0.708. The van der Waals surface area contributed by atoms with Gasteiger partial charge in [0.15, 0.2) is 0 Å². The van der Waals surface area contributed by atoms with Gasteiger partial charge in [0.05, 0.1) is 23.3 Å². The van der Waals surface area contributed by atoms with E-state index in [0.29, 0.717) is 69.0 Å². The minimum atomic E-state index is -0.165. The van der Waals surface area contributed by atoms with Gasteiger partial charge >= 0.3 is 0 Å². The van der Waals surface area contributed by atoms with Crippen molar-refractivity contribution in [3.63, 3.8) is 0 Å². The zero-order valence-electron chi connectivity index (χ0n) is 19.2. The number of rotatable bonds is 12. The SMILES string of the molecule is O=C(CCCOc1ccc(Cl)cc1Cl)Nc1cccc(NC(=O)CCCOc2ccc(Cl)cc2Cl)c1. The van der Waals surface area contributed by atoms with Gasteiger partial charge in [0.25, 0.3) is 0 Å². The summed E-state index contributed by atoms with van der Waals surface area (Å²) in [4.78, 5) is 24.5. The summed E-state index contributed by atoms with van der Waals surface area (Å²) in [6.45, 7) is 0.664. The molecule has 0 heterocycles. The molecule has 0 spiro atoms. The molecule has 2 N–H and O–H groups in total. The van der Waals surface area contributed by atoms with Gasteiger partial charge in [-0.1, -0.05) is 52.5 Å². The standard InChI is InChI=1S/C26H24Cl4N2O4/c27-17-8-10-23(21(29)14-17)35-12-2-6-25(33)31-19-4-1-5-20(16-19)32-26(34)7-3-13-36-24-11-9-18(28)15-22(24)30/h1,4-5,8-11,14-16H,2-3,6-7,12-13H2,(H,31,33)(H,32,34). The van der Waals surface area contributed by atoms with Crippen molar-refractivity contribution in [3.05, 3.63) is 80.8 Å². The van der Waals surface area contributed by atoms with Gasteiger partial charge < -0.3 is 20.1 Å². The highest BCUT2D eigenvalue weighted by Crippen LogP contribution is 2.28. The summed E-state index contributed by atoms with van der Waals surface area (Å²) < 4.78 is 11.2. The Hall–Kier alpha value is -2.64. The average molecular weight is 570 g/mol. The van der Waals surface area contributed by atoms with Crippen LogP contribution in [-0.2, 0) is 9.59 Å². The van der Waals surface area contributed by atoms with E-state index in [2.05, 4.69) is 10.6 Å². The Labute approximate surface area is 229 Å². The molecule has 0 radical (unpaired) electrons. The Bertz CT molecular complexity index is 1120. The molecule has 0 bridgehead atoms. The topological polar surface area (TPSA) is 76.7 Å². The van der Waals surface area contributed by atoms with Crippen molar-refractivity contribution in [2.24, 2.45) is 0 Å². The number of halogens is 4. The van der Waals surface area contributed by atoms with Crippen molar-refractivity contribution in [2.45, 2.75) is 25.7 Å². The molecule has 10 heteroatoms. The molecule has 0 atom stereocenters. The molecule has 0 saturated heterocycles. The Morgan fingerprint density at radius 3 is 1.50 bits per heavy atom. The van der Waals surface area contributed by atoms with Crippen molar-refractivity contribution in [3.8, 4) is 11.5 Å². The lowest BCUT2D eigenvalue weighted by molar-refractivity contribution is -0.117. The number of ether oxygens (including phenoxy) is 2. The molecule has 0 unspecified atom stereocenters. The molecule has 0 aliphatic heterocycles. The summed E-state index contributed by atoms with van der Waals surface area (Å²) in [7, 11) is 0. The van der Waals surface area contributed by atoms with Gasteiger partial charge in [0.2, 0.25) is 11.8 Å². The second kappa shape index (κ2) is 14.2. The molecule has 0 aliphatic carbocycles. The van der Waals surface area contributed by atoms with E-state index in [1.165, 1.54) is 0 Å². The molecule has 0 saturated carbocycles. The molecule has 190 valence electrons. The average Bonchev–Trinajstić information content (AvgIpc) is 2.82. The number of hydrogen-bond acceptors (Lipinski definition) is 4. The number of benzene rings is 3. The van der Waals surface area contributed by atoms with E-state index in [1.807, 2.05) is 0 Å². The van der Waals surface area contributed by atoms with Gasteiger partial charge in [0.1, 0.15) is 11.5 Å². The van der Waals surface area contributed by atoms with Crippen LogP contribution in [0.4, 0.5) is 11.4 Å². The fourth-order valence-electron chi connectivity index (χ4n) is 3.14. The van der Waals surface area contributed by atoms with Gasteiger partial charge in [-0.15, -0.1) is 0 Å². The monoisotopic (exact) mass is 568 g/mol. The molecule has 3 aromatic carbocycles. The third-order valence-electron chi connectivity index (χ3n) is 4.83. The first kappa shape index (κ1) is 27.9. The molecule has 3 rings (SSSR count). The van der Waals surface area contributed by atoms with Crippen LogP contribution in [0.5, 0.6) is 11.5 Å². The molecule has 3 aromatic rings. The first-order valence-corrected chi connectivity index (χ1v) is 12.7. The van der Waals surface area contributed by atoms with Crippen molar-refractivity contribution < 1.29 is 19.1 Å². The largest absolute Gasteiger partial charge is 0.492 e. The van der Waals surface area contributed by atoms with Crippen LogP contribution >= 0.6 is 46.4 Å². The molecule has 36 heavy (non-hydrogen) atoms. The zero-order valence-corrected chi connectivity index (χ0v) is 22.2. The predicted octanol–water partition coefficient (Wildman–Crippen LogP) is 7.90. The van der Waals surface area contributed by atoms with Gasteiger partial charge in [0, 0.05) is 34.3 Å². The van der Waals surface area contributed by atoms with Crippen molar-refractivity contribution in [2.75, 3.05) is 23.8 Å². The normalized spacial score (nSPS) is 10.6. The number of anilines is 2. The lowest BCUT2D eigenvalue weighted by Crippen LogP contribution is -2.15. The molecule has 0 fully saturated rings. The quantitative estimate of drug-likeness (QED) is 0.217. The highest BCUT2D eigenvalue weighted by atomic mass is 35.5.